The fraction of sp³-hybridized carbons (Fsp3) is 0.500. The highest BCUT2D eigenvalue weighted by atomic mass is 79.9. The largest absolute Gasteiger partial charge is 0.392 e. The first kappa shape index (κ1) is 16.3. The molecule has 0 aromatic carbocycles. The molecule has 0 aliphatic carbocycles. The minimum absolute atomic E-state index is 0.0227. The van der Waals surface area contributed by atoms with Crippen LogP contribution in [-0.4, -0.2) is 57.9 Å². The zero-order valence-electron chi connectivity index (χ0n) is 12.0. The number of halogens is 1. The van der Waals surface area contributed by atoms with Crippen LogP contribution in [0, 0.1) is 0 Å². The maximum atomic E-state index is 12.4. The van der Waals surface area contributed by atoms with Gasteiger partial charge in [-0.25, -0.2) is 4.98 Å². The van der Waals surface area contributed by atoms with E-state index in [1.807, 2.05) is 11.0 Å². The maximum absolute atomic E-state index is 12.4. The first-order valence-electron chi connectivity index (χ1n) is 6.97. The van der Waals surface area contributed by atoms with Gasteiger partial charge in [0, 0.05) is 36.8 Å². The second-order valence-electron chi connectivity index (χ2n) is 5.02. The number of hydrogen-bond acceptors (Lipinski definition) is 4. The van der Waals surface area contributed by atoms with Crippen molar-refractivity contribution < 1.29 is 4.79 Å². The molecular formula is C14H19BrN4OS. The van der Waals surface area contributed by atoms with Crippen LogP contribution in [0.5, 0.6) is 0 Å². The van der Waals surface area contributed by atoms with Gasteiger partial charge in [-0.1, -0.05) is 19.1 Å². The fourth-order valence-electron chi connectivity index (χ4n) is 2.54. The number of piperazine rings is 1. The summed E-state index contributed by atoms with van der Waals surface area (Å²) in [5, 5.41) is 0. The Morgan fingerprint density at radius 1 is 1.43 bits per heavy atom. The van der Waals surface area contributed by atoms with E-state index in [1.165, 1.54) is 0 Å². The third kappa shape index (κ3) is 3.99. The lowest BCUT2D eigenvalue weighted by Crippen LogP contribution is -2.54. The van der Waals surface area contributed by atoms with Crippen LogP contribution >= 0.6 is 28.1 Å². The zero-order valence-corrected chi connectivity index (χ0v) is 14.4. The van der Waals surface area contributed by atoms with Crippen molar-refractivity contribution >= 4 is 39.0 Å². The number of amides is 1. The number of thiocarbonyl (C=S) groups is 1. The zero-order chi connectivity index (χ0) is 15.4. The van der Waals surface area contributed by atoms with Crippen LogP contribution in [-0.2, 0) is 0 Å². The molecule has 5 nitrogen and oxygen atoms in total. The van der Waals surface area contributed by atoms with Crippen molar-refractivity contribution in [2.45, 2.75) is 19.4 Å². The Morgan fingerprint density at radius 3 is 2.57 bits per heavy atom. The number of rotatable bonds is 4. The summed E-state index contributed by atoms with van der Waals surface area (Å²) in [6, 6.07) is 3.70. The normalized spacial score (nSPS) is 17.5. The maximum Gasteiger partial charge on any atom is 0.272 e. The molecule has 114 valence electrons. The van der Waals surface area contributed by atoms with E-state index in [1.54, 1.807) is 12.3 Å². The van der Waals surface area contributed by atoms with Crippen LogP contribution in [0.4, 0.5) is 0 Å². The van der Waals surface area contributed by atoms with Gasteiger partial charge in [-0.3, -0.25) is 9.69 Å². The summed E-state index contributed by atoms with van der Waals surface area (Å²) >= 11 is 8.43. The quantitative estimate of drug-likeness (QED) is 0.816. The second-order valence-corrected chi connectivity index (χ2v) is 6.40. The summed E-state index contributed by atoms with van der Waals surface area (Å²) in [5.74, 6) is -0.0227. The number of aromatic nitrogens is 1. The van der Waals surface area contributed by atoms with Crippen LogP contribution in [0.25, 0.3) is 0 Å². The minimum Gasteiger partial charge on any atom is -0.392 e. The predicted octanol–water partition coefficient (Wildman–Crippen LogP) is 1.67. The number of pyridine rings is 1. The number of carbonyl (C=O) groups excluding carboxylic acids is 1. The Balaban J connectivity index is 1.96. The summed E-state index contributed by atoms with van der Waals surface area (Å²) in [6.45, 7) is 5.01. The molecule has 7 heteroatoms. The Kier molecular flexibility index (Phi) is 5.66. The van der Waals surface area contributed by atoms with E-state index in [0.717, 1.165) is 24.0 Å². The van der Waals surface area contributed by atoms with Gasteiger partial charge in [0.05, 0.1) is 11.0 Å². The minimum atomic E-state index is -0.0227. The van der Waals surface area contributed by atoms with Crippen molar-refractivity contribution in [1.29, 1.82) is 0 Å². The molecule has 2 heterocycles. The molecule has 2 rings (SSSR count). The Labute approximate surface area is 138 Å². The summed E-state index contributed by atoms with van der Waals surface area (Å²) < 4.78 is 0.867. The summed E-state index contributed by atoms with van der Waals surface area (Å²) in [4.78, 5) is 21.1. The molecule has 0 saturated carbocycles. The molecule has 0 radical (unpaired) electrons. The first-order chi connectivity index (χ1) is 10.0. The van der Waals surface area contributed by atoms with E-state index < -0.39 is 0 Å². The molecule has 1 aliphatic rings. The standard InChI is InChI=1S/C14H19BrN4OS/c1-2-12(13(16)21)18-5-7-19(8-6-18)14(20)11-4-3-10(15)9-17-11/h3-4,9,12H,2,5-8H2,1H3,(H2,16,21). The number of nitrogens with zero attached hydrogens (tertiary/aromatic N) is 3. The summed E-state index contributed by atoms with van der Waals surface area (Å²) in [7, 11) is 0. The van der Waals surface area contributed by atoms with Crippen molar-refractivity contribution in [3.8, 4) is 0 Å². The smallest absolute Gasteiger partial charge is 0.272 e. The van der Waals surface area contributed by atoms with Gasteiger partial charge < -0.3 is 10.6 Å². The van der Waals surface area contributed by atoms with Gasteiger partial charge in [0.1, 0.15) is 5.69 Å². The Hall–Kier alpha value is -1.05. The Bertz CT molecular complexity index is 514. The van der Waals surface area contributed by atoms with Crippen molar-refractivity contribution in [2.75, 3.05) is 26.2 Å². The summed E-state index contributed by atoms with van der Waals surface area (Å²) in [6.07, 6.45) is 2.54. The highest BCUT2D eigenvalue weighted by molar-refractivity contribution is 9.10. The molecule has 1 aromatic heterocycles. The predicted molar refractivity (Wildman–Crippen MR) is 90.3 cm³/mol. The topological polar surface area (TPSA) is 62.5 Å². The van der Waals surface area contributed by atoms with Crippen molar-refractivity contribution in [3.63, 3.8) is 0 Å². The van der Waals surface area contributed by atoms with Crippen molar-refractivity contribution in [3.05, 3.63) is 28.5 Å². The number of carbonyl (C=O) groups is 1. The Morgan fingerprint density at radius 2 is 2.10 bits per heavy atom. The molecule has 1 unspecified atom stereocenters. The average molecular weight is 371 g/mol. The molecule has 1 saturated heterocycles. The first-order valence-corrected chi connectivity index (χ1v) is 8.17. The molecule has 21 heavy (non-hydrogen) atoms. The molecule has 1 amide bonds. The van der Waals surface area contributed by atoms with E-state index in [9.17, 15) is 4.79 Å². The third-order valence-electron chi connectivity index (χ3n) is 3.70. The average Bonchev–Trinajstić information content (AvgIpc) is 2.48. The van der Waals surface area contributed by atoms with Gasteiger partial charge in [-0.05, 0) is 34.5 Å². The molecule has 1 aliphatic heterocycles. The lowest BCUT2D eigenvalue weighted by Gasteiger charge is -2.38. The van der Waals surface area contributed by atoms with Crippen LogP contribution in [0.1, 0.15) is 23.8 Å². The van der Waals surface area contributed by atoms with E-state index in [2.05, 4.69) is 32.7 Å². The van der Waals surface area contributed by atoms with Gasteiger partial charge in [0.25, 0.3) is 5.91 Å². The van der Waals surface area contributed by atoms with Crippen LogP contribution in [0.15, 0.2) is 22.8 Å². The van der Waals surface area contributed by atoms with E-state index in [4.69, 9.17) is 18.0 Å². The fourth-order valence-corrected chi connectivity index (χ4v) is 3.09. The van der Waals surface area contributed by atoms with E-state index in [0.29, 0.717) is 23.8 Å². The van der Waals surface area contributed by atoms with Gasteiger partial charge in [-0.2, -0.15) is 0 Å². The van der Waals surface area contributed by atoms with Crippen LogP contribution in [0.2, 0.25) is 0 Å². The molecule has 0 bridgehead atoms. The lowest BCUT2D eigenvalue weighted by atomic mass is 10.1. The lowest BCUT2D eigenvalue weighted by molar-refractivity contribution is 0.0606. The van der Waals surface area contributed by atoms with E-state index in [-0.39, 0.29) is 11.9 Å². The molecule has 1 atom stereocenters. The van der Waals surface area contributed by atoms with E-state index >= 15 is 0 Å². The van der Waals surface area contributed by atoms with Crippen molar-refractivity contribution in [2.24, 2.45) is 5.73 Å². The van der Waals surface area contributed by atoms with Gasteiger partial charge >= 0.3 is 0 Å². The highest BCUT2D eigenvalue weighted by Gasteiger charge is 2.27. The number of hydrogen-bond donors (Lipinski definition) is 1. The molecule has 1 aromatic rings. The SMILES string of the molecule is CCC(C(N)=S)N1CCN(C(=O)c2ccc(Br)cn2)CC1. The van der Waals surface area contributed by atoms with Crippen LogP contribution < -0.4 is 5.73 Å². The highest BCUT2D eigenvalue weighted by Crippen LogP contribution is 2.13. The number of nitrogens with two attached hydrogens (primary N) is 1. The molecule has 0 spiro atoms. The van der Waals surface area contributed by atoms with Crippen LogP contribution in [0.3, 0.4) is 0 Å². The van der Waals surface area contributed by atoms with Crippen molar-refractivity contribution in [1.82, 2.24) is 14.8 Å². The second kappa shape index (κ2) is 7.29. The van der Waals surface area contributed by atoms with Gasteiger partial charge in [-0.15, -0.1) is 0 Å². The molecule has 2 N–H and O–H groups in total. The summed E-state index contributed by atoms with van der Waals surface area (Å²) in [5.41, 5.74) is 6.25. The monoisotopic (exact) mass is 370 g/mol. The molecule has 1 fully saturated rings. The van der Waals surface area contributed by atoms with Gasteiger partial charge in [0.15, 0.2) is 0 Å². The third-order valence-corrected chi connectivity index (χ3v) is 4.45. The van der Waals surface area contributed by atoms with Gasteiger partial charge in [0.2, 0.25) is 0 Å². The molecular weight excluding hydrogens is 352 g/mol.